The van der Waals surface area contributed by atoms with Gasteiger partial charge in [-0.05, 0) is 6.42 Å². The highest BCUT2D eigenvalue weighted by Crippen LogP contribution is 1.99. The van der Waals surface area contributed by atoms with Crippen LogP contribution < -0.4 is 0 Å². The lowest BCUT2D eigenvalue weighted by molar-refractivity contribution is -0.130. The van der Waals surface area contributed by atoms with Gasteiger partial charge in [-0.25, -0.2) is 0 Å². The van der Waals surface area contributed by atoms with E-state index in [0.29, 0.717) is 32.2 Å². The molecule has 2 nitrogen and oxygen atoms in total. The first-order valence-electron chi connectivity index (χ1n) is 4.44. The highest BCUT2D eigenvalue weighted by molar-refractivity contribution is 6.09. The van der Waals surface area contributed by atoms with E-state index in [1.807, 2.05) is 6.92 Å². The minimum absolute atomic E-state index is 0.161. The highest BCUT2D eigenvalue weighted by atomic mass is 16.2. The molecule has 0 aromatic heterocycles. The van der Waals surface area contributed by atoms with Crippen molar-refractivity contribution in [2.75, 3.05) is 13.1 Å². The second-order valence-corrected chi connectivity index (χ2v) is 2.71. The van der Waals surface area contributed by atoms with Gasteiger partial charge in [-0.15, -0.1) is 0 Å². The van der Waals surface area contributed by atoms with Crippen LogP contribution in [-0.2, 0) is 4.79 Å². The maximum atomic E-state index is 11.3. The van der Waals surface area contributed by atoms with Crippen LogP contribution in [0.25, 0.3) is 0 Å². The van der Waals surface area contributed by atoms with E-state index in [-0.39, 0.29) is 5.91 Å². The monoisotopic (exact) mass is 163 g/mol. The van der Waals surface area contributed by atoms with Crippen molar-refractivity contribution in [1.82, 2.24) is 4.90 Å². The second kappa shape index (κ2) is 7.26. The molecular formula is C8H15B2NO. The highest BCUT2D eigenvalue weighted by Gasteiger charge is 2.08. The Labute approximate surface area is 77.5 Å². The van der Waals surface area contributed by atoms with Crippen LogP contribution >= 0.6 is 0 Å². The summed E-state index contributed by atoms with van der Waals surface area (Å²) in [6, 6.07) is 0. The zero-order valence-electron chi connectivity index (χ0n) is 7.75. The van der Waals surface area contributed by atoms with E-state index in [0.717, 1.165) is 6.42 Å². The van der Waals surface area contributed by atoms with Crippen LogP contribution in [0.1, 0.15) is 19.8 Å². The lowest BCUT2D eigenvalue weighted by Gasteiger charge is -2.21. The van der Waals surface area contributed by atoms with Crippen LogP contribution in [0, 0.1) is 0 Å². The molecule has 0 saturated carbocycles. The predicted molar refractivity (Wildman–Crippen MR) is 52.6 cm³/mol. The van der Waals surface area contributed by atoms with Gasteiger partial charge in [0.25, 0.3) is 0 Å². The fourth-order valence-corrected chi connectivity index (χ4v) is 1.04. The van der Waals surface area contributed by atoms with Crippen molar-refractivity contribution in [2.45, 2.75) is 32.4 Å². The van der Waals surface area contributed by atoms with Gasteiger partial charge in [0.05, 0.1) is 15.7 Å². The molecule has 0 aliphatic carbocycles. The Morgan fingerprint density at radius 1 is 1.25 bits per heavy atom. The smallest absolute Gasteiger partial charge is 0.222 e. The summed E-state index contributed by atoms with van der Waals surface area (Å²) in [4.78, 5) is 13.1. The largest absolute Gasteiger partial charge is 0.344 e. The molecule has 0 aliphatic rings. The molecule has 0 aromatic rings. The summed E-state index contributed by atoms with van der Waals surface area (Å²) in [5, 5.41) is 0. The van der Waals surface area contributed by atoms with E-state index in [1.54, 1.807) is 4.90 Å². The van der Waals surface area contributed by atoms with Gasteiger partial charge in [-0.3, -0.25) is 4.79 Å². The minimum atomic E-state index is 0.161. The molecule has 0 bridgehead atoms. The molecule has 4 radical (unpaired) electrons. The van der Waals surface area contributed by atoms with Gasteiger partial charge in [-0.2, -0.15) is 0 Å². The summed E-state index contributed by atoms with van der Waals surface area (Å²) < 4.78 is 0. The second-order valence-electron chi connectivity index (χ2n) is 2.71. The van der Waals surface area contributed by atoms with E-state index in [2.05, 4.69) is 0 Å². The molecule has 64 valence electrons. The lowest BCUT2D eigenvalue weighted by atomic mass is 10.0. The van der Waals surface area contributed by atoms with Crippen LogP contribution in [0.2, 0.25) is 12.6 Å². The van der Waals surface area contributed by atoms with Gasteiger partial charge in [0, 0.05) is 19.5 Å². The molecule has 0 spiro atoms. The maximum absolute atomic E-state index is 11.3. The summed E-state index contributed by atoms with van der Waals surface area (Å²) >= 11 is 0. The molecule has 0 saturated heterocycles. The van der Waals surface area contributed by atoms with Crippen LogP contribution in [0.4, 0.5) is 0 Å². The summed E-state index contributed by atoms with van der Waals surface area (Å²) in [6.07, 6.45) is 2.50. The first-order chi connectivity index (χ1) is 5.76. The molecule has 4 heteroatoms. The van der Waals surface area contributed by atoms with Crippen LogP contribution in [0.5, 0.6) is 0 Å². The number of hydrogen-bond donors (Lipinski definition) is 0. The van der Waals surface area contributed by atoms with E-state index in [9.17, 15) is 4.79 Å². The van der Waals surface area contributed by atoms with Crippen LogP contribution in [-0.4, -0.2) is 39.6 Å². The van der Waals surface area contributed by atoms with E-state index in [4.69, 9.17) is 15.7 Å². The summed E-state index contributed by atoms with van der Waals surface area (Å²) in [5.74, 6) is 0.161. The fraction of sp³-hybridized carbons (Fsp3) is 0.875. The number of carbonyl (C=O) groups is 1. The Morgan fingerprint density at radius 2 is 1.75 bits per heavy atom. The Bertz CT molecular complexity index is 124. The third-order valence-electron chi connectivity index (χ3n) is 1.61. The van der Waals surface area contributed by atoms with Gasteiger partial charge < -0.3 is 4.90 Å². The maximum Gasteiger partial charge on any atom is 0.222 e. The average Bonchev–Trinajstić information content (AvgIpc) is 2.04. The summed E-state index contributed by atoms with van der Waals surface area (Å²) in [5.41, 5.74) is 0. The van der Waals surface area contributed by atoms with Crippen molar-refractivity contribution in [3.8, 4) is 0 Å². The number of nitrogens with zero attached hydrogens (tertiary/aromatic N) is 1. The first-order valence-corrected chi connectivity index (χ1v) is 4.44. The van der Waals surface area contributed by atoms with Gasteiger partial charge in [0.2, 0.25) is 5.91 Å². The van der Waals surface area contributed by atoms with Crippen molar-refractivity contribution in [1.29, 1.82) is 0 Å². The minimum Gasteiger partial charge on any atom is -0.344 e. The molecule has 0 N–H and O–H groups in total. The standard InChI is InChI=1S/C8H15B2NO/c1-2-3-8(12)11(6-4-9)7-5-10/h2-7H2,1H3. The molecule has 0 rings (SSSR count). The van der Waals surface area contributed by atoms with Crippen molar-refractivity contribution in [2.24, 2.45) is 0 Å². The zero-order valence-corrected chi connectivity index (χ0v) is 7.75. The van der Waals surface area contributed by atoms with Crippen molar-refractivity contribution < 1.29 is 4.79 Å². The topological polar surface area (TPSA) is 20.3 Å². The Morgan fingerprint density at radius 3 is 2.08 bits per heavy atom. The molecular weight excluding hydrogens is 148 g/mol. The van der Waals surface area contributed by atoms with Crippen molar-refractivity contribution >= 4 is 21.6 Å². The van der Waals surface area contributed by atoms with Gasteiger partial charge in [0.15, 0.2) is 0 Å². The van der Waals surface area contributed by atoms with Gasteiger partial charge >= 0.3 is 0 Å². The van der Waals surface area contributed by atoms with E-state index >= 15 is 0 Å². The molecule has 0 heterocycles. The molecule has 1 amide bonds. The zero-order chi connectivity index (χ0) is 9.40. The predicted octanol–water partition coefficient (Wildman–Crippen LogP) is 0.789. The third kappa shape index (κ3) is 4.47. The average molecular weight is 163 g/mol. The molecule has 12 heavy (non-hydrogen) atoms. The van der Waals surface area contributed by atoms with Gasteiger partial charge in [-0.1, -0.05) is 19.6 Å². The van der Waals surface area contributed by atoms with Gasteiger partial charge in [0.1, 0.15) is 0 Å². The van der Waals surface area contributed by atoms with Crippen molar-refractivity contribution in [3.05, 3.63) is 0 Å². The Kier molecular flexibility index (Phi) is 7.02. The quantitative estimate of drug-likeness (QED) is 0.529. The summed E-state index contributed by atoms with van der Waals surface area (Å²) in [7, 11) is 10.7. The number of rotatable bonds is 6. The molecule has 0 unspecified atom stereocenters. The third-order valence-corrected chi connectivity index (χ3v) is 1.61. The number of carbonyl (C=O) groups excluding carboxylic acids is 1. The van der Waals surface area contributed by atoms with Crippen LogP contribution in [0.3, 0.4) is 0 Å². The lowest BCUT2D eigenvalue weighted by Crippen LogP contribution is -2.32. The SMILES string of the molecule is [B]CCN(CC[B])C(=O)CCC. The molecule has 0 aromatic carbocycles. The molecule has 0 aliphatic heterocycles. The normalized spacial score (nSPS) is 9.75. The molecule has 0 fully saturated rings. The number of amides is 1. The first kappa shape index (κ1) is 11.6. The van der Waals surface area contributed by atoms with Crippen LogP contribution in [0.15, 0.2) is 0 Å². The number of hydrogen-bond acceptors (Lipinski definition) is 1. The Balaban J connectivity index is 3.81. The fourth-order valence-electron chi connectivity index (χ4n) is 1.04. The van der Waals surface area contributed by atoms with E-state index < -0.39 is 0 Å². The Hall–Kier alpha value is -0.400. The van der Waals surface area contributed by atoms with E-state index in [1.165, 1.54) is 0 Å². The summed E-state index contributed by atoms with van der Waals surface area (Å²) in [6.45, 7) is 3.23. The molecule has 0 atom stereocenters. The van der Waals surface area contributed by atoms with Crippen molar-refractivity contribution in [3.63, 3.8) is 0 Å².